The number of nitrogens with zero attached hydrogens (tertiary/aromatic N) is 1. The Bertz CT molecular complexity index is 1050. The minimum absolute atomic E-state index is 0.0192. The lowest BCUT2D eigenvalue weighted by molar-refractivity contribution is -0.116. The van der Waals surface area contributed by atoms with Crippen LogP contribution in [-0.4, -0.2) is 22.5 Å². The SMILES string of the molecule is Cc1c(NC(=O)CCCc2nc3ccccc3c(=O)[nH]2)cccc1OC(F)F. The van der Waals surface area contributed by atoms with Gasteiger partial charge in [-0.1, -0.05) is 18.2 Å². The van der Waals surface area contributed by atoms with Crippen LogP contribution in [0.2, 0.25) is 0 Å². The summed E-state index contributed by atoms with van der Waals surface area (Å²) in [6.07, 6.45) is 1.09. The smallest absolute Gasteiger partial charge is 0.387 e. The van der Waals surface area contributed by atoms with E-state index in [4.69, 9.17) is 0 Å². The second-order valence-corrected chi connectivity index (χ2v) is 6.24. The fourth-order valence-electron chi connectivity index (χ4n) is 2.86. The molecule has 0 aliphatic rings. The molecule has 0 spiro atoms. The van der Waals surface area contributed by atoms with Crippen LogP contribution >= 0.6 is 0 Å². The van der Waals surface area contributed by atoms with Crippen LogP contribution in [0.25, 0.3) is 10.9 Å². The highest BCUT2D eigenvalue weighted by Crippen LogP contribution is 2.27. The molecule has 1 aromatic heterocycles. The number of aryl methyl sites for hydroxylation is 1. The van der Waals surface area contributed by atoms with Gasteiger partial charge in [0, 0.05) is 24.1 Å². The third-order valence-corrected chi connectivity index (χ3v) is 4.25. The first kappa shape index (κ1) is 19.5. The average molecular weight is 387 g/mol. The number of nitrogens with one attached hydrogen (secondary N) is 2. The van der Waals surface area contributed by atoms with Crippen molar-refractivity contribution in [2.45, 2.75) is 32.8 Å². The molecule has 0 aliphatic carbocycles. The van der Waals surface area contributed by atoms with E-state index in [0.717, 1.165) is 0 Å². The molecule has 28 heavy (non-hydrogen) atoms. The van der Waals surface area contributed by atoms with E-state index in [1.807, 2.05) is 0 Å². The zero-order valence-corrected chi connectivity index (χ0v) is 15.2. The third-order valence-electron chi connectivity index (χ3n) is 4.25. The van der Waals surface area contributed by atoms with Crippen LogP contribution in [-0.2, 0) is 11.2 Å². The number of hydrogen-bond acceptors (Lipinski definition) is 4. The topological polar surface area (TPSA) is 84.1 Å². The van der Waals surface area contributed by atoms with Gasteiger partial charge in [0.25, 0.3) is 5.56 Å². The Hall–Kier alpha value is -3.29. The fourth-order valence-corrected chi connectivity index (χ4v) is 2.86. The first-order valence-electron chi connectivity index (χ1n) is 8.76. The molecule has 0 radical (unpaired) electrons. The molecule has 2 N–H and O–H groups in total. The van der Waals surface area contributed by atoms with Gasteiger partial charge in [-0.25, -0.2) is 4.98 Å². The lowest BCUT2D eigenvalue weighted by Crippen LogP contribution is -2.15. The van der Waals surface area contributed by atoms with Crippen LogP contribution in [0.15, 0.2) is 47.3 Å². The number of fused-ring (bicyclic) bond motifs is 1. The lowest BCUT2D eigenvalue weighted by atomic mass is 10.1. The van der Waals surface area contributed by atoms with Crippen molar-refractivity contribution in [2.24, 2.45) is 0 Å². The number of carbonyl (C=O) groups is 1. The normalized spacial score (nSPS) is 11.0. The van der Waals surface area contributed by atoms with Gasteiger partial charge in [0.15, 0.2) is 0 Å². The van der Waals surface area contributed by atoms with Crippen molar-refractivity contribution >= 4 is 22.5 Å². The van der Waals surface area contributed by atoms with Crippen molar-refractivity contribution in [2.75, 3.05) is 5.32 Å². The summed E-state index contributed by atoms with van der Waals surface area (Å²) in [6, 6.07) is 11.6. The largest absolute Gasteiger partial charge is 0.434 e. The Morgan fingerprint density at radius 1 is 1.21 bits per heavy atom. The number of para-hydroxylation sites is 1. The summed E-state index contributed by atoms with van der Waals surface area (Å²) in [5.74, 6) is 0.270. The van der Waals surface area contributed by atoms with Crippen LogP contribution < -0.4 is 15.6 Å². The lowest BCUT2D eigenvalue weighted by Gasteiger charge is -2.13. The van der Waals surface area contributed by atoms with E-state index < -0.39 is 6.61 Å². The summed E-state index contributed by atoms with van der Waals surface area (Å²) in [6.45, 7) is -1.34. The van der Waals surface area contributed by atoms with Gasteiger partial charge in [0.2, 0.25) is 5.91 Å². The standard InChI is InChI=1S/C20H19F2N3O3/c1-12-14(8-4-9-16(12)28-20(21)22)24-18(26)11-5-10-17-23-15-7-3-2-6-13(15)19(27)25-17/h2-4,6-9,20H,5,10-11H2,1H3,(H,24,26)(H,23,25,27). The Morgan fingerprint density at radius 3 is 2.79 bits per heavy atom. The predicted octanol–water partition coefficient (Wildman–Crippen LogP) is 3.79. The summed E-state index contributed by atoms with van der Waals surface area (Å²) in [4.78, 5) is 31.3. The van der Waals surface area contributed by atoms with E-state index in [0.29, 0.717) is 40.8 Å². The van der Waals surface area contributed by atoms with Gasteiger partial charge in [0.1, 0.15) is 11.6 Å². The Morgan fingerprint density at radius 2 is 2.00 bits per heavy atom. The van der Waals surface area contributed by atoms with Crippen LogP contribution in [0.4, 0.5) is 14.5 Å². The molecule has 3 aromatic rings. The van der Waals surface area contributed by atoms with E-state index >= 15 is 0 Å². The van der Waals surface area contributed by atoms with E-state index in [-0.39, 0.29) is 23.6 Å². The van der Waals surface area contributed by atoms with Gasteiger partial charge in [-0.15, -0.1) is 0 Å². The molecule has 0 aliphatic heterocycles. The summed E-state index contributed by atoms with van der Waals surface area (Å²) < 4.78 is 29.2. The number of ether oxygens (including phenoxy) is 1. The highest BCUT2D eigenvalue weighted by Gasteiger charge is 2.12. The van der Waals surface area contributed by atoms with Gasteiger partial charge >= 0.3 is 6.61 Å². The number of amides is 1. The van der Waals surface area contributed by atoms with Gasteiger partial charge in [0.05, 0.1) is 10.9 Å². The highest BCUT2D eigenvalue weighted by molar-refractivity contribution is 5.91. The van der Waals surface area contributed by atoms with Gasteiger partial charge < -0.3 is 15.0 Å². The van der Waals surface area contributed by atoms with Gasteiger partial charge in [-0.05, 0) is 37.6 Å². The number of carbonyl (C=O) groups excluding carboxylic acids is 1. The zero-order chi connectivity index (χ0) is 20.1. The second kappa shape index (κ2) is 8.60. The van der Waals surface area contributed by atoms with Crippen LogP contribution in [0.3, 0.4) is 0 Å². The van der Waals surface area contributed by atoms with Crippen molar-refractivity contribution in [1.82, 2.24) is 9.97 Å². The molecular weight excluding hydrogens is 368 g/mol. The molecule has 0 saturated carbocycles. The molecule has 2 aromatic carbocycles. The van der Waals surface area contributed by atoms with E-state index in [2.05, 4.69) is 20.0 Å². The molecule has 146 valence electrons. The molecule has 0 fully saturated rings. The quantitative estimate of drug-likeness (QED) is 0.646. The van der Waals surface area contributed by atoms with Crippen LogP contribution in [0.1, 0.15) is 24.2 Å². The number of halogens is 2. The maximum atomic E-state index is 12.4. The molecule has 8 heteroatoms. The minimum atomic E-state index is -2.93. The van der Waals surface area contributed by atoms with E-state index in [9.17, 15) is 18.4 Å². The van der Waals surface area contributed by atoms with Crippen molar-refractivity contribution in [3.05, 3.63) is 64.2 Å². The Labute approximate surface area is 159 Å². The summed E-state index contributed by atoms with van der Waals surface area (Å²) in [5, 5.41) is 3.21. The van der Waals surface area contributed by atoms with Crippen molar-refractivity contribution in [1.29, 1.82) is 0 Å². The summed E-state index contributed by atoms with van der Waals surface area (Å²) in [5.41, 5.74) is 1.24. The molecular formula is C20H19F2N3O3. The molecule has 1 amide bonds. The number of benzene rings is 2. The first-order chi connectivity index (χ1) is 13.4. The highest BCUT2D eigenvalue weighted by atomic mass is 19.3. The molecule has 6 nitrogen and oxygen atoms in total. The van der Waals surface area contributed by atoms with E-state index in [1.54, 1.807) is 37.3 Å². The van der Waals surface area contributed by atoms with Gasteiger partial charge in [-0.3, -0.25) is 9.59 Å². The molecule has 0 unspecified atom stereocenters. The molecule has 1 heterocycles. The fraction of sp³-hybridized carbons (Fsp3) is 0.250. The Balaban J connectivity index is 1.59. The molecule has 3 rings (SSSR count). The summed E-state index contributed by atoms with van der Waals surface area (Å²) in [7, 11) is 0. The zero-order valence-electron chi connectivity index (χ0n) is 15.2. The predicted molar refractivity (Wildman–Crippen MR) is 102 cm³/mol. The number of aromatic amines is 1. The number of anilines is 1. The maximum absolute atomic E-state index is 12.4. The van der Waals surface area contributed by atoms with Crippen molar-refractivity contribution in [3.8, 4) is 5.75 Å². The number of alkyl halides is 2. The number of hydrogen-bond donors (Lipinski definition) is 2. The van der Waals surface area contributed by atoms with Gasteiger partial charge in [-0.2, -0.15) is 8.78 Å². The van der Waals surface area contributed by atoms with E-state index in [1.165, 1.54) is 12.1 Å². The summed E-state index contributed by atoms with van der Waals surface area (Å²) >= 11 is 0. The number of rotatable bonds is 7. The molecule has 0 saturated heterocycles. The molecule has 0 atom stereocenters. The first-order valence-corrected chi connectivity index (χ1v) is 8.76. The monoisotopic (exact) mass is 387 g/mol. The van der Waals surface area contributed by atoms with Crippen LogP contribution in [0.5, 0.6) is 5.75 Å². The van der Waals surface area contributed by atoms with Crippen molar-refractivity contribution < 1.29 is 18.3 Å². The van der Waals surface area contributed by atoms with Crippen molar-refractivity contribution in [3.63, 3.8) is 0 Å². The third kappa shape index (κ3) is 4.70. The minimum Gasteiger partial charge on any atom is -0.434 e. The number of aromatic nitrogens is 2. The molecule has 0 bridgehead atoms. The average Bonchev–Trinajstić information content (AvgIpc) is 2.65. The maximum Gasteiger partial charge on any atom is 0.387 e. The Kier molecular flexibility index (Phi) is 5.98. The second-order valence-electron chi connectivity index (χ2n) is 6.24. The number of H-pyrrole nitrogens is 1. The van der Waals surface area contributed by atoms with Crippen LogP contribution in [0, 0.1) is 6.92 Å².